The highest BCUT2D eigenvalue weighted by atomic mass is 16.3. The number of hydrogen-bond acceptors (Lipinski definition) is 3. The van der Waals surface area contributed by atoms with E-state index in [0.717, 1.165) is 18.4 Å². The van der Waals surface area contributed by atoms with E-state index in [1.807, 2.05) is 13.0 Å². The molecule has 1 fully saturated rings. The highest BCUT2D eigenvalue weighted by Crippen LogP contribution is 2.45. The smallest absolute Gasteiger partial charge is 0.231 e. The Bertz CT molecular complexity index is 465. The third-order valence-corrected chi connectivity index (χ3v) is 3.61. The van der Waals surface area contributed by atoms with E-state index < -0.39 is 0 Å². The Morgan fingerprint density at radius 2 is 2.12 bits per heavy atom. The second kappa shape index (κ2) is 4.04. The van der Waals surface area contributed by atoms with Crippen LogP contribution in [0.15, 0.2) is 12.1 Å². The van der Waals surface area contributed by atoms with Gasteiger partial charge in [-0.1, -0.05) is 6.07 Å². The zero-order valence-electron chi connectivity index (χ0n) is 10.2. The summed E-state index contributed by atoms with van der Waals surface area (Å²) < 4.78 is 0. The fourth-order valence-corrected chi connectivity index (χ4v) is 1.90. The molecule has 0 unspecified atom stereocenters. The van der Waals surface area contributed by atoms with Gasteiger partial charge in [-0.2, -0.15) is 0 Å². The van der Waals surface area contributed by atoms with Crippen LogP contribution in [0.5, 0.6) is 5.75 Å². The Hall–Kier alpha value is -1.55. The lowest BCUT2D eigenvalue weighted by Gasteiger charge is -2.15. The number of phenolic OH excluding ortho intramolecular Hbond substituents is 1. The standard InChI is InChI=1S/C13H18N2O2/c1-8-3-4-10(9(2)11(8)16)15-12(17)13(7-14)5-6-13/h3-4,16H,5-7,14H2,1-2H3,(H,15,17). The lowest BCUT2D eigenvalue weighted by Crippen LogP contribution is -2.31. The normalized spacial score (nSPS) is 16.6. The lowest BCUT2D eigenvalue weighted by molar-refractivity contribution is -0.120. The monoisotopic (exact) mass is 234 g/mol. The van der Waals surface area contributed by atoms with Gasteiger partial charge >= 0.3 is 0 Å². The van der Waals surface area contributed by atoms with Crippen molar-refractivity contribution in [2.24, 2.45) is 11.1 Å². The van der Waals surface area contributed by atoms with Crippen LogP contribution in [0.1, 0.15) is 24.0 Å². The molecule has 4 N–H and O–H groups in total. The van der Waals surface area contributed by atoms with Crippen molar-refractivity contribution in [3.05, 3.63) is 23.3 Å². The van der Waals surface area contributed by atoms with Gasteiger partial charge in [-0.05, 0) is 38.3 Å². The number of rotatable bonds is 3. The summed E-state index contributed by atoms with van der Waals surface area (Å²) in [6.45, 7) is 4.01. The van der Waals surface area contributed by atoms with Gasteiger partial charge in [0.25, 0.3) is 0 Å². The van der Waals surface area contributed by atoms with Crippen molar-refractivity contribution in [1.29, 1.82) is 0 Å². The molecular formula is C13H18N2O2. The van der Waals surface area contributed by atoms with Crippen molar-refractivity contribution in [3.63, 3.8) is 0 Å². The molecule has 4 heteroatoms. The summed E-state index contributed by atoms with van der Waals surface area (Å²) >= 11 is 0. The summed E-state index contributed by atoms with van der Waals surface area (Å²) in [5.41, 5.74) is 7.41. The Labute approximate surface area is 101 Å². The van der Waals surface area contributed by atoms with Crippen LogP contribution in [0.25, 0.3) is 0 Å². The maximum absolute atomic E-state index is 12.0. The van der Waals surface area contributed by atoms with E-state index >= 15 is 0 Å². The van der Waals surface area contributed by atoms with Gasteiger partial charge in [-0.25, -0.2) is 0 Å². The van der Waals surface area contributed by atoms with E-state index in [9.17, 15) is 9.90 Å². The van der Waals surface area contributed by atoms with Crippen LogP contribution in [0, 0.1) is 19.3 Å². The molecule has 0 atom stereocenters. The second-order valence-corrected chi connectivity index (χ2v) is 4.84. The number of amides is 1. The predicted molar refractivity (Wildman–Crippen MR) is 66.9 cm³/mol. The number of aryl methyl sites for hydroxylation is 1. The molecule has 17 heavy (non-hydrogen) atoms. The maximum Gasteiger partial charge on any atom is 0.231 e. The molecule has 0 saturated heterocycles. The van der Waals surface area contributed by atoms with E-state index in [-0.39, 0.29) is 17.1 Å². The number of phenols is 1. The van der Waals surface area contributed by atoms with Gasteiger partial charge in [0, 0.05) is 17.8 Å². The minimum atomic E-state index is -0.368. The van der Waals surface area contributed by atoms with Gasteiger partial charge < -0.3 is 16.2 Å². The summed E-state index contributed by atoms with van der Waals surface area (Å²) in [4.78, 5) is 12.0. The fourth-order valence-electron chi connectivity index (χ4n) is 1.90. The molecule has 1 aromatic rings. The largest absolute Gasteiger partial charge is 0.507 e. The van der Waals surface area contributed by atoms with Crippen molar-refractivity contribution in [3.8, 4) is 5.75 Å². The van der Waals surface area contributed by atoms with Gasteiger partial charge in [0.2, 0.25) is 5.91 Å². The predicted octanol–water partition coefficient (Wildman–Crippen LogP) is 1.69. The van der Waals surface area contributed by atoms with Crippen LogP contribution in [0.4, 0.5) is 5.69 Å². The van der Waals surface area contributed by atoms with E-state index in [4.69, 9.17) is 5.73 Å². The molecule has 1 aliphatic rings. The molecule has 0 radical (unpaired) electrons. The average Bonchev–Trinajstić information content (AvgIpc) is 3.11. The molecule has 92 valence electrons. The highest BCUT2D eigenvalue weighted by Gasteiger charge is 2.48. The lowest BCUT2D eigenvalue weighted by atomic mass is 10.0. The third kappa shape index (κ3) is 2.00. The van der Waals surface area contributed by atoms with Crippen LogP contribution in [0.2, 0.25) is 0 Å². The Morgan fingerprint density at radius 3 is 2.65 bits per heavy atom. The van der Waals surface area contributed by atoms with Gasteiger partial charge in [-0.3, -0.25) is 4.79 Å². The molecule has 0 bridgehead atoms. The van der Waals surface area contributed by atoms with Crippen molar-refractivity contribution < 1.29 is 9.90 Å². The van der Waals surface area contributed by atoms with Crippen LogP contribution >= 0.6 is 0 Å². The molecule has 0 aliphatic heterocycles. The van der Waals surface area contributed by atoms with Gasteiger partial charge in [0.15, 0.2) is 0 Å². The molecule has 1 aromatic carbocycles. The van der Waals surface area contributed by atoms with E-state index in [1.165, 1.54) is 0 Å². The van der Waals surface area contributed by atoms with Gasteiger partial charge in [-0.15, -0.1) is 0 Å². The number of benzene rings is 1. The van der Waals surface area contributed by atoms with Crippen molar-refractivity contribution in [2.75, 3.05) is 11.9 Å². The summed E-state index contributed by atoms with van der Waals surface area (Å²) in [7, 11) is 0. The van der Waals surface area contributed by atoms with E-state index in [0.29, 0.717) is 17.8 Å². The Kier molecular flexibility index (Phi) is 2.83. The van der Waals surface area contributed by atoms with Crippen molar-refractivity contribution in [2.45, 2.75) is 26.7 Å². The van der Waals surface area contributed by atoms with E-state index in [2.05, 4.69) is 5.32 Å². The average molecular weight is 234 g/mol. The van der Waals surface area contributed by atoms with Gasteiger partial charge in [0.1, 0.15) is 5.75 Å². The summed E-state index contributed by atoms with van der Waals surface area (Å²) in [6.07, 6.45) is 1.71. The van der Waals surface area contributed by atoms with Crippen LogP contribution < -0.4 is 11.1 Å². The van der Waals surface area contributed by atoms with Crippen molar-refractivity contribution in [1.82, 2.24) is 0 Å². The first kappa shape index (κ1) is 11.9. The summed E-state index contributed by atoms with van der Waals surface area (Å²) in [5, 5.41) is 12.7. The Morgan fingerprint density at radius 1 is 1.47 bits per heavy atom. The van der Waals surface area contributed by atoms with Crippen LogP contribution in [-0.2, 0) is 4.79 Å². The molecule has 1 saturated carbocycles. The van der Waals surface area contributed by atoms with E-state index in [1.54, 1.807) is 13.0 Å². The number of aromatic hydroxyl groups is 1. The summed E-state index contributed by atoms with van der Waals surface area (Å²) in [6, 6.07) is 3.61. The number of anilines is 1. The molecule has 1 amide bonds. The second-order valence-electron chi connectivity index (χ2n) is 4.84. The topological polar surface area (TPSA) is 75.4 Å². The Balaban J connectivity index is 2.20. The number of hydrogen-bond donors (Lipinski definition) is 3. The minimum Gasteiger partial charge on any atom is -0.507 e. The fraction of sp³-hybridized carbons (Fsp3) is 0.462. The first-order valence-corrected chi connectivity index (χ1v) is 5.81. The molecule has 0 spiro atoms. The SMILES string of the molecule is Cc1ccc(NC(=O)C2(CN)CC2)c(C)c1O. The quantitative estimate of drug-likeness (QED) is 0.745. The number of nitrogens with two attached hydrogens (primary N) is 1. The molecular weight excluding hydrogens is 216 g/mol. The third-order valence-electron chi connectivity index (χ3n) is 3.61. The van der Waals surface area contributed by atoms with Crippen LogP contribution in [0.3, 0.4) is 0 Å². The number of carbonyl (C=O) groups is 1. The van der Waals surface area contributed by atoms with Gasteiger partial charge in [0.05, 0.1) is 5.41 Å². The summed E-state index contributed by atoms with van der Waals surface area (Å²) in [5.74, 6) is 0.201. The molecule has 0 aromatic heterocycles. The number of nitrogens with one attached hydrogen (secondary N) is 1. The molecule has 4 nitrogen and oxygen atoms in total. The van der Waals surface area contributed by atoms with Crippen molar-refractivity contribution >= 4 is 11.6 Å². The molecule has 0 heterocycles. The highest BCUT2D eigenvalue weighted by molar-refractivity contribution is 5.98. The first-order chi connectivity index (χ1) is 8.00. The number of carbonyl (C=O) groups excluding carboxylic acids is 1. The first-order valence-electron chi connectivity index (χ1n) is 5.81. The molecule has 2 rings (SSSR count). The maximum atomic E-state index is 12.0. The zero-order chi connectivity index (χ0) is 12.6. The minimum absolute atomic E-state index is 0.0358. The molecule has 1 aliphatic carbocycles. The van der Waals surface area contributed by atoms with Crippen LogP contribution in [-0.4, -0.2) is 17.6 Å². The zero-order valence-corrected chi connectivity index (χ0v) is 10.2.